The third kappa shape index (κ3) is 2.93. The molecule has 3 N–H and O–H groups in total. The summed E-state index contributed by atoms with van der Waals surface area (Å²) in [5.41, 5.74) is 8.12. The van der Waals surface area contributed by atoms with Crippen LogP contribution in [0.5, 0.6) is 5.75 Å². The Bertz CT molecular complexity index is 1070. The summed E-state index contributed by atoms with van der Waals surface area (Å²) in [7, 11) is 1.34. The molecule has 2 unspecified atom stereocenters. The minimum absolute atomic E-state index is 0.0200. The van der Waals surface area contributed by atoms with Gasteiger partial charge in [-0.15, -0.1) is 0 Å². The van der Waals surface area contributed by atoms with Crippen LogP contribution < -0.4 is 15.8 Å². The molecule has 2 heterocycles. The highest BCUT2D eigenvalue weighted by Crippen LogP contribution is 2.45. The standard InChI is InChI=1S/C21H18F3N3O/c1-10-19(15-6-12(22)7-18(24)20(15)28-2)16-5-11(9-26-21(16)27-10)14-8-13(25)3-4-17(14)23/h3-10,19H,25H2,1-2H3,(H,26,27). The van der Waals surface area contributed by atoms with Crippen molar-refractivity contribution in [2.24, 2.45) is 0 Å². The molecule has 0 saturated carbocycles. The average Bonchev–Trinajstić information content (AvgIpc) is 2.98. The second kappa shape index (κ2) is 6.74. The topological polar surface area (TPSA) is 60.2 Å². The third-order valence-corrected chi connectivity index (χ3v) is 4.99. The predicted octanol–water partition coefficient (Wildman–Crippen LogP) is 4.70. The first kappa shape index (κ1) is 18.2. The molecule has 0 radical (unpaired) electrons. The Kier molecular flexibility index (Phi) is 4.37. The van der Waals surface area contributed by atoms with Crippen LogP contribution in [0.2, 0.25) is 0 Å². The summed E-state index contributed by atoms with van der Waals surface area (Å²) in [4.78, 5) is 4.39. The molecule has 144 valence electrons. The molecule has 2 aromatic carbocycles. The van der Waals surface area contributed by atoms with Crippen LogP contribution in [0, 0.1) is 17.5 Å². The van der Waals surface area contributed by atoms with E-state index < -0.39 is 23.4 Å². The normalized spacial score (nSPS) is 17.9. The molecule has 4 nitrogen and oxygen atoms in total. The van der Waals surface area contributed by atoms with Gasteiger partial charge >= 0.3 is 0 Å². The summed E-state index contributed by atoms with van der Waals surface area (Å²) in [5, 5.41) is 3.21. The zero-order valence-corrected chi connectivity index (χ0v) is 15.3. The molecule has 0 aliphatic carbocycles. The third-order valence-electron chi connectivity index (χ3n) is 4.99. The lowest BCUT2D eigenvalue weighted by molar-refractivity contribution is 0.376. The van der Waals surface area contributed by atoms with E-state index in [1.54, 1.807) is 12.3 Å². The van der Waals surface area contributed by atoms with Gasteiger partial charge in [0.25, 0.3) is 0 Å². The summed E-state index contributed by atoms with van der Waals surface area (Å²) < 4.78 is 47.7. The van der Waals surface area contributed by atoms with E-state index in [1.165, 1.54) is 31.4 Å². The number of halogens is 3. The Morgan fingerprint density at radius 1 is 1.04 bits per heavy atom. The molecule has 1 aliphatic rings. The first-order valence-electron chi connectivity index (χ1n) is 8.74. The van der Waals surface area contributed by atoms with Gasteiger partial charge in [0.1, 0.15) is 17.5 Å². The van der Waals surface area contributed by atoms with Crippen LogP contribution in [0.4, 0.5) is 24.7 Å². The van der Waals surface area contributed by atoms with Crippen LogP contribution in [0.15, 0.2) is 42.6 Å². The summed E-state index contributed by atoms with van der Waals surface area (Å²) in [6.07, 6.45) is 1.54. The molecule has 0 saturated heterocycles. The number of anilines is 2. The van der Waals surface area contributed by atoms with E-state index in [4.69, 9.17) is 10.5 Å². The van der Waals surface area contributed by atoms with E-state index in [0.29, 0.717) is 33.8 Å². The molecule has 0 bridgehead atoms. The Morgan fingerprint density at radius 3 is 2.57 bits per heavy atom. The average molecular weight is 385 g/mol. The number of hydrogen-bond acceptors (Lipinski definition) is 4. The van der Waals surface area contributed by atoms with Crippen molar-refractivity contribution in [1.29, 1.82) is 0 Å². The van der Waals surface area contributed by atoms with Crippen LogP contribution in [0.3, 0.4) is 0 Å². The summed E-state index contributed by atoms with van der Waals surface area (Å²) >= 11 is 0. The molecule has 0 spiro atoms. The van der Waals surface area contributed by atoms with E-state index >= 15 is 0 Å². The summed E-state index contributed by atoms with van der Waals surface area (Å²) in [6, 6.07) is 7.92. The molecule has 3 aromatic rings. The second-order valence-electron chi connectivity index (χ2n) is 6.82. The van der Waals surface area contributed by atoms with Crippen molar-refractivity contribution in [2.75, 3.05) is 18.2 Å². The molecule has 0 fully saturated rings. The number of ether oxygens (including phenoxy) is 1. The maximum absolute atomic E-state index is 14.3. The number of nitrogen functional groups attached to an aromatic ring is 1. The predicted molar refractivity (Wildman–Crippen MR) is 102 cm³/mol. The molecule has 0 amide bonds. The number of aromatic nitrogens is 1. The SMILES string of the molecule is COc1c(F)cc(F)cc1C1c2cc(-c3cc(N)ccc3F)cnc2NC1C. The number of pyridine rings is 1. The Morgan fingerprint density at radius 2 is 1.82 bits per heavy atom. The molecule has 1 aromatic heterocycles. The van der Waals surface area contributed by atoms with E-state index in [1.807, 2.05) is 6.92 Å². The van der Waals surface area contributed by atoms with Crippen LogP contribution in [0.25, 0.3) is 11.1 Å². The maximum atomic E-state index is 14.3. The summed E-state index contributed by atoms with van der Waals surface area (Å²) in [5.74, 6) is -1.76. The minimum Gasteiger partial charge on any atom is -0.493 e. The van der Waals surface area contributed by atoms with Crippen LogP contribution in [0.1, 0.15) is 24.0 Å². The fraction of sp³-hybridized carbons (Fsp3) is 0.190. The number of methoxy groups -OCH3 is 1. The molecule has 1 aliphatic heterocycles. The quantitative estimate of drug-likeness (QED) is 0.642. The first-order valence-corrected chi connectivity index (χ1v) is 8.74. The highest BCUT2D eigenvalue weighted by atomic mass is 19.1. The number of nitrogens with one attached hydrogen (secondary N) is 1. The smallest absolute Gasteiger partial charge is 0.168 e. The molecule has 28 heavy (non-hydrogen) atoms. The number of benzene rings is 2. The van der Waals surface area contributed by atoms with Crippen LogP contribution >= 0.6 is 0 Å². The number of rotatable bonds is 3. The highest BCUT2D eigenvalue weighted by molar-refractivity contribution is 5.72. The van der Waals surface area contributed by atoms with E-state index in [-0.39, 0.29) is 11.8 Å². The Hall–Kier alpha value is -3.22. The molecular formula is C21H18F3N3O. The zero-order chi connectivity index (χ0) is 20.0. The van der Waals surface area contributed by atoms with Gasteiger partial charge in [-0.05, 0) is 37.3 Å². The van der Waals surface area contributed by atoms with Gasteiger partial charge in [-0.2, -0.15) is 0 Å². The Labute approximate surface area is 160 Å². The maximum Gasteiger partial charge on any atom is 0.168 e. The fourth-order valence-electron chi connectivity index (χ4n) is 3.78. The van der Waals surface area contributed by atoms with Crippen molar-refractivity contribution in [2.45, 2.75) is 18.9 Å². The highest BCUT2D eigenvalue weighted by Gasteiger charge is 2.35. The molecular weight excluding hydrogens is 367 g/mol. The number of nitrogens with zero attached hydrogens (tertiary/aromatic N) is 1. The zero-order valence-electron chi connectivity index (χ0n) is 15.3. The van der Waals surface area contributed by atoms with Crippen LogP contribution in [-0.4, -0.2) is 18.1 Å². The van der Waals surface area contributed by atoms with Crippen LogP contribution in [-0.2, 0) is 0 Å². The van der Waals surface area contributed by atoms with Crippen molar-refractivity contribution in [3.63, 3.8) is 0 Å². The fourth-order valence-corrected chi connectivity index (χ4v) is 3.78. The van der Waals surface area contributed by atoms with Gasteiger partial charge in [-0.25, -0.2) is 18.2 Å². The van der Waals surface area contributed by atoms with Gasteiger partial charge in [-0.1, -0.05) is 0 Å². The monoisotopic (exact) mass is 385 g/mol. The second-order valence-corrected chi connectivity index (χ2v) is 6.82. The van der Waals surface area contributed by atoms with Gasteiger partial charge in [0.15, 0.2) is 11.6 Å². The van der Waals surface area contributed by atoms with E-state index in [0.717, 1.165) is 6.07 Å². The van der Waals surface area contributed by atoms with Gasteiger partial charge in [-0.3, -0.25) is 0 Å². The molecule has 7 heteroatoms. The van der Waals surface area contributed by atoms with E-state index in [2.05, 4.69) is 10.3 Å². The molecule has 4 rings (SSSR count). The number of nitrogens with two attached hydrogens (primary N) is 1. The van der Waals surface area contributed by atoms with Gasteiger partial charge < -0.3 is 15.8 Å². The Balaban J connectivity index is 1.88. The lowest BCUT2D eigenvalue weighted by Gasteiger charge is -2.20. The van der Waals surface area contributed by atoms with Gasteiger partial charge in [0.05, 0.1) is 7.11 Å². The first-order chi connectivity index (χ1) is 13.4. The van der Waals surface area contributed by atoms with Crippen molar-refractivity contribution < 1.29 is 17.9 Å². The lowest BCUT2D eigenvalue weighted by atomic mass is 9.87. The lowest BCUT2D eigenvalue weighted by Crippen LogP contribution is -2.18. The van der Waals surface area contributed by atoms with Crippen molar-refractivity contribution in [3.8, 4) is 16.9 Å². The number of fused-ring (bicyclic) bond motifs is 1. The molecule has 2 atom stereocenters. The van der Waals surface area contributed by atoms with Gasteiger partial charge in [0.2, 0.25) is 0 Å². The summed E-state index contributed by atoms with van der Waals surface area (Å²) in [6.45, 7) is 1.88. The largest absolute Gasteiger partial charge is 0.493 e. The minimum atomic E-state index is -0.774. The number of hydrogen-bond donors (Lipinski definition) is 2. The van der Waals surface area contributed by atoms with Crippen molar-refractivity contribution in [1.82, 2.24) is 4.98 Å². The van der Waals surface area contributed by atoms with Crippen molar-refractivity contribution >= 4 is 11.5 Å². The van der Waals surface area contributed by atoms with Crippen molar-refractivity contribution in [3.05, 3.63) is 71.2 Å². The van der Waals surface area contributed by atoms with Gasteiger partial charge in [0, 0.05) is 52.2 Å². The van der Waals surface area contributed by atoms with E-state index in [9.17, 15) is 13.2 Å².